The molecule has 1 heterocycles. The number of hydrogen-bond donors (Lipinski definition) is 1. The fourth-order valence-corrected chi connectivity index (χ4v) is 2.30. The Morgan fingerprint density at radius 3 is 2.52 bits per heavy atom. The van der Waals surface area contributed by atoms with E-state index in [0.717, 1.165) is 11.1 Å². The number of aromatic nitrogens is 2. The van der Waals surface area contributed by atoms with Gasteiger partial charge in [-0.25, -0.2) is 0 Å². The summed E-state index contributed by atoms with van der Waals surface area (Å²) in [6, 6.07) is 18.8. The highest BCUT2D eigenvalue weighted by molar-refractivity contribution is 5.77. The average molecular weight is 337 g/mol. The summed E-state index contributed by atoms with van der Waals surface area (Å²) < 4.78 is 10.7. The number of rotatable bonds is 7. The first-order chi connectivity index (χ1) is 12.2. The number of nitrogens with one attached hydrogen (secondary N) is 1. The molecule has 0 saturated carbocycles. The van der Waals surface area contributed by atoms with Gasteiger partial charge < -0.3 is 14.6 Å². The number of nitrogens with zero attached hydrogens (tertiary/aromatic N) is 2. The first kappa shape index (κ1) is 16.9. The van der Waals surface area contributed by atoms with Gasteiger partial charge in [-0.1, -0.05) is 65.8 Å². The summed E-state index contributed by atoms with van der Waals surface area (Å²) in [7, 11) is 0. The summed E-state index contributed by atoms with van der Waals surface area (Å²) in [6.45, 7) is 2.15. The van der Waals surface area contributed by atoms with Crippen molar-refractivity contribution in [1.29, 1.82) is 0 Å². The Bertz CT molecular complexity index is 803. The molecule has 3 aromatic rings. The summed E-state index contributed by atoms with van der Waals surface area (Å²) in [6.07, 6.45) is 0. The zero-order valence-corrected chi connectivity index (χ0v) is 13.9. The van der Waals surface area contributed by atoms with Gasteiger partial charge in [-0.2, -0.15) is 4.98 Å². The Morgan fingerprint density at radius 1 is 1.12 bits per heavy atom. The fourth-order valence-electron chi connectivity index (χ4n) is 2.30. The van der Waals surface area contributed by atoms with Crippen LogP contribution in [0.4, 0.5) is 0 Å². The molecule has 0 unspecified atom stereocenters. The molecule has 6 nitrogen and oxygen atoms in total. The number of ether oxygens (including phenoxy) is 1. The lowest BCUT2D eigenvalue weighted by Crippen LogP contribution is -2.30. The molecular weight excluding hydrogens is 318 g/mol. The highest BCUT2D eigenvalue weighted by Crippen LogP contribution is 2.18. The lowest BCUT2D eigenvalue weighted by molar-refractivity contribution is -0.126. The summed E-state index contributed by atoms with van der Waals surface area (Å²) in [5.74, 6) is 0.621. The molecule has 0 saturated heterocycles. The summed E-state index contributed by atoms with van der Waals surface area (Å²) in [5.41, 5.74) is 1.88. The largest absolute Gasteiger partial charge is 0.367 e. The minimum absolute atomic E-state index is 0.0289. The molecule has 3 rings (SSSR count). The second-order valence-corrected chi connectivity index (χ2v) is 5.59. The van der Waals surface area contributed by atoms with Crippen LogP contribution in [0.2, 0.25) is 0 Å². The first-order valence-electron chi connectivity index (χ1n) is 8.02. The maximum atomic E-state index is 12.0. The monoisotopic (exact) mass is 337 g/mol. The van der Waals surface area contributed by atoms with Crippen molar-refractivity contribution in [3.8, 4) is 11.4 Å². The molecule has 128 valence electrons. The van der Waals surface area contributed by atoms with Crippen LogP contribution in [0.3, 0.4) is 0 Å². The minimum Gasteiger partial charge on any atom is -0.367 e. The van der Waals surface area contributed by atoms with Crippen molar-refractivity contribution in [2.45, 2.75) is 19.6 Å². The highest BCUT2D eigenvalue weighted by atomic mass is 16.5. The van der Waals surface area contributed by atoms with E-state index in [0.29, 0.717) is 18.3 Å². The lowest BCUT2D eigenvalue weighted by atomic mass is 10.2. The molecule has 1 aromatic heterocycles. The third kappa shape index (κ3) is 4.74. The number of benzene rings is 2. The van der Waals surface area contributed by atoms with Crippen molar-refractivity contribution in [1.82, 2.24) is 15.5 Å². The van der Waals surface area contributed by atoms with Crippen LogP contribution in [0.25, 0.3) is 11.4 Å². The van der Waals surface area contributed by atoms with Crippen LogP contribution < -0.4 is 5.32 Å². The van der Waals surface area contributed by atoms with E-state index in [1.54, 1.807) is 6.92 Å². The van der Waals surface area contributed by atoms with E-state index in [-0.39, 0.29) is 12.5 Å². The number of carbonyl (C=O) groups is 1. The topological polar surface area (TPSA) is 77.2 Å². The number of amides is 1. The molecule has 0 aliphatic rings. The van der Waals surface area contributed by atoms with E-state index in [1.807, 2.05) is 60.7 Å². The van der Waals surface area contributed by atoms with Crippen LogP contribution in [0, 0.1) is 0 Å². The number of hydrogen-bond acceptors (Lipinski definition) is 5. The molecular formula is C19H19N3O3. The van der Waals surface area contributed by atoms with Gasteiger partial charge in [0.25, 0.3) is 0 Å². The molecule has 1 N–H and O–H groups in total. The molecule has 0 spiro atoms. The van der Waals surface area contributed by atoms with Crippen molar-refractivity contribution >= 4 is 5.91 Å². The first-order valence-corrected chi connectivity index (χ1v) is 8.02. The van der Waals surface area contributed by atoms with Crippen molar-refractivity contribution in [2.24, 2.45) is 0 Å². The third-order valence-electron chi connectivity index (χ3n) is 3.57. The molecule has 0 fully saturated rings. The number of carbonyl (C=O) groups excluding carboxylic acids is 1. The van der Waals surface area contributed by atoms with E-state index >= 15 is 0 Å². The van der Waals surface area contributed by atoms with Crippen LogP contribution >= 0.6 is 0 Å². The molecule has 1 atom stereocenters. The van der Waals surface area contributed by atoms with E-state index < -0.39 is 6.04 Å². The van der Waals surface area contributed by atoms with E-state index in [1.165, 1.54) is 0 Å². The molecule has 1 amide bonds. The Morgan fingerprint density at radius 2 is 1.80 bits per heavy atom. The van der Waals surface area contributed by atoms with E-state index in [2.05, 4.69) is 15.5 Å². The van der Waals surface area contributed by atoms with Crippen LogP contribution in [-0.4, -0.2) is 22.7 Å². The van der Waals surface area contributed by atoms with Gasteiger partial charge in [0.1, 0.15) is 12.6 Å². The van der Waals surface area contributed by atoms with Crippen molar-refractivity contribution in [3.05, 3.63) is 72.1 Å². The Labute approximate surface area is 145 Å². The predicted molar refractivity (Wildman–Crippen MR) is 92.4 cm³/mol. The molecule has 25 heavy (non-hydrogen) atoms. The Hall–Kier alpha value is -2.99. The quantitative estimate of drug-likeness (QED) is 0.717. The van der Waals surface area contributed by atoms with Crippen molar-refractivity contribution in [2.75, 3.05) is 6.61 Å². The van der Waals surface area contributed by atoms with Gasteiger partial charge in [0.15, 0.2) is 0 Å². The van der Waals surface area contributed by atoms with Gasteiger partial charge in [-0.3, -0.25) is 4.79 Å². The lowest BCUT2D eigenvalue weighted by Gasteiger charge is -2.10. The maximum absolute atomic E-state index is 12.0. The van der Waals surface area contributed by atoms with Gasteiger partial charge in [-0.05, 0) is 12.5 Å². The maximum Gasteiger partial charge on any atom is 0.249 e. The van der Waals surface area contributed by atoms with Crippen molar-refractivity contribution in [3.63, 3.8) is 0 Å². The van der Waals surface area contributed by atoms with Gasteiger partial charge in [-0.15, -0.1) is 0 Å². The smallest absolute Gasteiger partial charge is 0.249 e. The fraction of sp³-hybridized carbons (Fsp3) is 0.211. The normalized spacial score (nSPS) is 11.9. The van der Waals surface area contributed by atoms with Crippen LogP contribution in [0.15, 0.2) is 65.2 Å². The molecule has 2 aromatic carbocycles. The molecule has 0 radical (unpaired) electrons. The second-order valence-electron chi connectivity index (χ2n) is 5.59. The average Bonchev–Trinajstić information content (AvgIpc) is 3.14. The standard InChI is InChI=1S/C19H19N3O3/c1-14(19-21-18(22-25-19)16-10-6-3-7-11-16)20-17(23)13-24-12-15-8-4-2-5-9-15/h2-11,14H,12-13H2,1H3,(H,20,23)/t14-/m1/s1. The van der Waals surface area contributed by atoms with Crippen LogP contribution in [0.1, 0.15) is 24.4 Å². The minimum atomic E-state index is -0.391. The summed E-state index contributed by atoms with van der Waals surface area (Å²) in [4.78, 5) is 16.3. The van der Waals surface area contributed by atoms with Crippen LogP contribution in [-0.2, 0) is 16.1 Å². The molecule has 0 aliphatic carbocycles. The highest BCUT2D eigenvalue weighted by Gasteiger charge is 2.17. The summed E-state index contributed by atoms with van der Waals surface area (Å²) in [5, 5.41) is 6.74. The second kappa shape index (κ2) is 8.21. The molecule has 0 aliphatic heterocycles. The SMILES string of the molecule is C[C@@H](NC(=O)COCc1ccccc1)c1nc(-c2ccccc2)no1. The molecule has 0 bridgehead atoms. The van der Waals surface area contributed by atoms with Gasteiger partial charge in [0, 0.05) is 5.56 Å². The van der Waals surface area contributed by atoms with Gasteiger partial charge in [0.2, 0.25) is 17.6 Å². The van der Waals surface area contributed by atoms with Crippen molar-refractivity contribution < 1.29 is 14.1 Å². The van der Waals surface area contributed by atoms with Gasteiger partial charge >= 0.3 is 0 Å². The van der Waals surface area contributed by atoms with Crippen LogP contribution in [0.5, 0.6) is 0 Å². The van der Waals surface area contributed by atoms with E-state index in [9.17, 15) is 4.79 Å². The third-order valence-corrected chi connectivity index (χ3v) is 3.57. The zero-order chi connectivity index (χ0) is 17.5. The molecule has 6 heteroatoms. The Balaban J connectivity index is 1.49. The zero-order valence-electron chi connectivity index (χ0n) is 13.9. The summed E-state index contributed by atoms with van der Waals surface area (Å²) >= 11 is 0. The predicted octanol–water partition coefficient (Wildman–Crippen LogP) is 3.13. The van der Waals surface area contributed by atoms with Gasteiger partial charge in [0.05, 0.1) is 6.61 Å². The Kier molecular flexibility index (Phi) is 5.53. The van der Waals surface area contributed by atoms with E-state index in [4.69, 9.17) is 9.26 Å².